The molecule has 1 atom stereocenters. The predicted molar refractivity (Wildman–Crippen MR) is 60.7 cm³/mol. The number of rotatable bonds is 4. The number of hydrogen-bond acceptors (Lipinski definition) is 4. The van der Waals surface area contributed by atoms with E-state index < -0.39 is 0 Å². The number of methoxy groups -OCH3 is 1. The largest absolute Gasteiger partial charge is 0.508 e. The predicted octanol–water partition coefficient (Wildman–Crippen LogP) is 0.685. The molecule has 15 heavy (non-hydrogen) atoms. The van der Waals surface area contributed by atoms with Gasteiger partial charge in [0.15, 0.2) is 0 Å². The number of phenols is 1. The summed E-state index contributed by atoms with van der Waals surface area (Å²) in [5, 5.41) is 18.0. The molecule has 1 aromatic rings. The Labute approximate surface area is 95.1 Å². The minimum atomic E-state index is -0.298. The summed E-state index contributed by atoms with van der Waals surface area (Å²) in [4.78, 5) is 0. The summed E-state index contributed by atoms with van der Waals surface area (Å²) in [6.45, 7) is -0.0654. The molecule has 0 aliphatic carbocycles. The van der Waals surface area contributed by atoms with Gasteiger partial charge in [0.25, 0.3) is 0 Å². The minimum Gasteiger partial charge on any atom is -0.508 e. The third-order valence-corrected chi connectivity index (χ3v) is 1.99. The van der Waals surface area contributed by atoms with Crippen molar-refractivity contribution in [2.45, 2.75) is 12.5 Å². The lowest BCUT2D eigenvalue weighted by Crippen LogP contribution is -2.26. The monoisotopic (exact) mass is 233 g/mol. The van der Waals surface area contributed by atoms with Crippen LogP contribution >= 0.6 is 12.4 Å². The second-order valence-corrected chi connectivity index (χ2v) is 3.14. The van der Waals surface area contributed by atoms with Crippen LogP contribution in [0.3, 0.4) is 0 Å². The van der Waals surface area contributed by atoms with E-state index in [1.165, 1.54) is 13.2 Å². The maximum Gasteiger partial charge on any atom is 0.125 e. The van der Waals surface area contributed by atoms with Gasteiger partial charge in [-0.05, 0) is 18.1 Å². The van der Waals surface area contributed by atoms with Gasteiger partial charge in [0.1, 0.15) is 11.5 Å². The number of hydrogen-bond donors (Lipinski definition) is 3. The Balaban J connectivity index is 0.00000196. The van der Waals surface area contributed by atoms with Crippen LogP contribution < -0.4 is 10.5 Å². The smallest absolute Gasteiger partial charge is 0.125 e. The molecule has 0 heterocycles. The third-order valence-electron chi connectivity index (χ3n) is 1.99. The first-order valence-electron chi connectivity index (χ1n) is 4.39. The topological polar surface area (TPSA) is 75.7 Å². The molecule has 0 aromatic heterocycles. The molecule has 4 nitrogen and oxygen atoms in total. The summed E-state index contributed by atoms with van der Waals surface area (Å²) in [5.74, 6) is 0.747. The maximum absolute atomic E-state index is 9.20. The van der Waals surface area contributed by atoms with Crippen molar-refractivity contribution in [3.05, 3.63) is 23.8 Å². The number of aromatic hydroxyl groups is 1. The van der Waals surface area contributed by atoms with Crippen LogP contribution in [0.4, 0.5) is 0 Å². The number of aliphatic hydroxyl groups excluding tert-OH is 1. The zero-order chi connectivity index (χ0) is 10.6. The van der Waals surface area contributed by atoms with E-state index in [0.29, 0.717) is 12.2 Å². The van der Waals surface area contributed by atoms with E-state index in [0.717, 1.165) is 5.56 Å². The molecule has 0 fully saturated rings. The number of benzene rings is 1. The molecule has 1 aromatic carbocycles. The van der Waals surface area contributed by atoms with Crippen molar-refractivity contribution in [3.8, 4) is 11.5 Å². The molecule has 1 unspecified atom stereocenters. The van der Waals surface area contributed by atoms with E-state index in [2.05, 4.69) is 0 Å². The summed E-state index contributed by atoms with van der Waals surface area (Å²) in [7, 11) is 1.53. The van der Waals surface area contributed by atoms with Crippen LogP contribution in [0.2, 0.25) is 0 Å². The second-order valence-electron chi connectivity index (χ2n) is 3.14. The summed E-state index contributed by atoms with van der Waals surface area (Å²) < 4.78 is 5.07. The van der Waals surface area contributed by atoms with Crippen LogP contribution in [0.15, 0.2) is 18.2 Å². The van der Waals surface area contributed by atoms with Crippen molar-refractivity contribution in [2.24, 2.45) is 5.73 Å². The molecule has 0 bridgehead atoms. The van der Waals surface area contributed by atoms with Crippen molar-refractivity contribution >= 4 is 12.4 Å². The molecule has 0 saturated heterocycles. The molecular weight excluding hydrogens is 218 g/mol. The van der Waals surface area contributed by atoms with Gasteiger partial charge in [-0.25, -0.2) is 0 Å². The van der Waals surface area contributed by atoms with Crippen molar-refractivity contribution in [1.82, 2.24) is 0 Å². The number of halogens is 1. The van der Waals surface area contributed by atoms with Crippen LogP contribution in [0, 0.1) is 0 Å². The Morgan fingerprint density at radius 3 is 2.67 bits per heavy atom. The Bertz CT molecular complexity index is 307. The molecule has 0 aliphatic heterocycles. The maximum atomic E-state index is 9.20. The second kappa shape index (κ2) is 6.50. The van der Waals surface area contributed by atoms with Crippen LogP contribution in [-0.4, -0.2) is 30.0 Å². The van der Waals surface area contributed by atoms with E-state index in [4.69, 9.17) is 15.6 Å². The van der Waals surface area contributed by atoms with E-state index in [1.807, 2.05) is 0 Å². The minimum absolute atomic E-state index is 0. The van der Waals surface area contributed by atoms with Gasteiger partial charge in [-0.15, -0.1) is 12.4 Å². The molecule has 0 saturated carbocycles. The van der Waals surface area contributed by atoms with Gasteiger partial charge < -0.3 is 20.7 Å². The van der Waals surface area contributed by atoms with Crippen molar-refractivity contribution in [3.63, 3.8) is 0 Å². The van der Waals surface area contributed by atoms with Crippen molar-refractivity contribution in [1.29, 1.82) is 0 Å². The van der Waals surface area contributed by atoms with E-state index >= 15 is 0 Å². The van der Waals surface area contributed by atoms with Gasteiger partial charge in [0, 0.05) is 12.1 Å². The van der Waals surface area contributed by atoms with Crippen LogP contribution in [0.1, 0.15) is 5.56 Å². The van der Waals surface area contributed by atoms with Gasteiger partial charge in [-0.2, -0.15) is 0 Å². The van der Waals surface area contributed by atoms with Gasteiger partial charge in [-0.3, -0.25) is 0 Å². The molecular formula is C10H16ClNO3. The summed E-state index contributed by atoms with van der Waals surface area (Å²) in [5.41, 5.74) is 6.48. The zero-order valence-electron chi connectivity index (χ0n) is 8.51. The Kier molecular flexibility index (Phi) is 6.08. The average Bonchev–Trinajstić information content (AvgIpc) is 2.20. The Morgan fingerprint density at radius 1 is 1.47 bits per heavy atom. The molecule has 0 radical (unpaired) electrons. The SMILES string of the molecule is COc1cc(O)ccc1CC(N)CO.Cl. The van der Waals surface area contributed by atoms with Gasteiger partial charge in [-0.1, -0.05) is 6.07 Å². The standard InChI is InChI=1S/C10H15NO3.ClH/c1-14-10-5-9(13)3-2-7(10)4-8(11)6-12;/h2-3,5,8,12-13H,4,6,11H2,1H3;1H. The number of ether oxygens (including phenoxy) is 1. The zero-order valence-corrected chi connectivity index (χ0v) is 9.33. The van der Waals surface area contributed by atoms with E-state index in [1.54, 1.807) is 12.1 Å². The first-order valence-corrected chi connectivity index (χ1v) is 4.39. The first-order chi connectivity index (χ1) is 6.67. The summed E-state index contributed by atoms with van der Waals surface area (Å²) in [6, 6.07) is 4.54. The molecule has 0 aliphatic rings. The van der Waals surface area contributed by atoms with E-state index in [-0.39, 0.29) is 30.8 Å². The number of nitrogens with two attached hydrogens (primary N) is 1. The fourth-order valence-electron chi connectivity index (χ4n) is 1.25. The fraction of sp³-hybridized carbons (Fsp3) is 0.400. The average molecular weight is 234 g/mol. The summed E-state index contributed by atoms with van der Waals surface area (Å²) in [6.07, 6.45) is 0.528. The lowest BCUT2D eigenvalue weighted by Gasteiger charge is -2.12. The number of aliphatic hydroxyl groups is 1. The highest BCUT2D eigenvalue weighted by atomic mass is 35.5. The van der Waals surface area contributed by atoms with Gasteiger partial charge >= 0.3 is 0 Å². The quantitative estimate of drug-likeness (QED) is 0.715. The van der Waals surface area contributed by atoms with Gasteiger partial charge in [0.05, 0.1) is 13.7 Å². The normalized spacial score (nSPS) is 11.7. The highest BCUT2D eigenvalue weighted by Gasteiger charge is 2.08. The third kappa shape index (κ3) is 3.95. The fourth-order valence-corrected chi connectivity index (χ4v) is 1.25. The molecule has 86 valence electrons. The highest BCUT2D eigenvalue weighted by Crippen LogP contribution is 2.24. The molecule has 0 spiro atoms. The van der Waals surface area contributed by atoms with Crippen molar-refractivity contribution < 1.29 is 14.9 Å². The number of phenolic OH excluding ortho intramolecular Hbond substituents is 1. The molecule has 4 N–H and O–H groups in total. The Hall–Kier alpha value is -0.970. The first kappa shape index (κ1) is 14.0. The van der Waals surface area contributed by atoms with Crippen LogP contribution in [-0.2, 0) is 6.42 Å². The molecule has 5 heteroatoms. The molecule has 0 amide bonds. The highest BCUT2D eigenvalue weighted by molar-refractivity contribution is 5.85. The van der Waals surface area contributed by atoms with E-state index in [9.17, 15) is 5.11 Å². The van der Waals surface area contributed by atoms with Crippen molar-refractivity contribution in [2.75, 3.05) is 13.7 Å². The van der Waals surface area contributed by atoms with Gasteiger partial charge in [0.2, 0.25) is 0 Å². The van der Waals surface area contributed by atoms with Crippen LogP contribution in [0.5, 0.6) is 11.5 Å². The lowest BCUT2D eigenvalue weighted by molar-refractivity contribution is 0.264. The Morgan fingerprint density at radius 2 is 2.13 bits per heavy atom. The molecule has 1 rings (SSSR count). The van der Waals surface area contributed by atoms with Crippen LogP contribution in [0.25, 0.3) is 0 Å². The lowest BCUT2D eigenvalue weighted by atomic mass is 10.1. The summed E-state index contributed by atoms with van der Waals surface area (Å²) >= 11 is 0.